The van der Waals surface area contributed by atoms with Crippen LogP contribution in [0.4, 0.5) is 0 Å². The molecule has 0 radical (unpaired) electrons. The van der Waals surface area contributed by atoms with Gasteiger partial charge in [0, 0.05) is 16.7 Å². The van der Waals surface area contributed by atoms with Gasteiger partial charge < -0.3 is 0 Å². The van der Waals surface area contributed by atoms with Crippen LogP contribution in [0.25, 0.3) is 11.3 Å². The maximum atomic E-state index is 4.89. The Hall–Kier alpha value is -0.735. The van der Waals surface area contributed by atoms with Crippen LogP contribution in [-0.4, -0.2) is 66.1 Å². The van der Waals surface area contributed by atoms with E-state index < -0.39 is 20.1 Å². The van der Waals surface area contributed by atoms with Gasteiger partial charge in [-0.15, -0.1) is 0 Å². The first-order valence-corrected chi connectivity index (χ1v) is 15.2. The van der Waals surface area contributed by atoms with E-state index in [1.807, 2.05) is 0 Å². The molecule has 1 aromatic carbocycles. The highest BCUT2D eigenvalue weighted by atomic mass is 32.3. The van der Waals surface area contributed by atoms with Crippen molar-refractivity contribution in [3.05, 3.63) is 47.7 Å². The quantitative estimate of drug-likeness (QED) is 0.705. The Labute approximate surface area is 173 Å². The zero-order valence-corrected chi connectivity index (χ0v) is 20.9. The van der Waals surface area contributed by atoms with Crippen LogP contribution in [0.2, 0.25) is 0 Å². The largest absolute Gasteiger partial charge is 0.255 e. The molecule has 1 heterocycles. The summed E-state index contributed by atoms with van der Waals surface area (Å²) in [6.07, 6.45) is 16.6. The molecule has 0 bridgehead atoms. The van der Waals surface area contributed by atoms with Crippen molar-refractivity contribution in [2.24, 2.45) is 0 Å². The van der Waals surface area contributed by atoms with Gasteiger partial charge in [0.05, 0.1) is 5.69 Å². The molecule has 0 unspecified atom stereocenters. The predicted molar refractivity (Wildman–Crippen MR) is 139 cm³/mol. The van der Waals surface area contributed by atoms with Crippen molar-refractivity contribution in [3.8, 4) is 11.3 Å². The number of pyridine rings is 1. The lowest BCUT2D eigenvalue weighted by Crippen LogP contribution is -2.34. The van der Waals surface area contributed by atoms with E-state index >= 15 is 0 Å². The van der Waals surface area contributed by atoms with Crippen molar-refractivity contribution in [1.29, 1.82) is 0 Å². The van der Waals surface area contributed by atoms with E-state index in [0.29, 0.717) is 0 Å². The Morgan fingerprint density at radius 1 is 0.852 bits per heavy atom. The third kappa shape index (κ3) is 4.82. The van der Waals surface area contributed by atoms with Crippen LogP contribution in [0.15, 0.2) is 41.4 Å². The Morgan fingerprint density at radius 2 is 1.37 bits per heavy atom. The van der Waals surface area contributed by atoms with E-state index in [1.165, 1.54) is 21.6 Å². The highest BCUT2D eigenvalue weighted by molar-refractivity contribution is 8.34. The second-order valence-electron chi connectivity index (χ2n) is 10.6. The molecule has 146 valence electrons. The average molecular weight is 399 g/mol. The summed E-state index contributed by atoms with van der Waals surface area (Å²) in [4.78, 5) is 6.34. The molecule has 27 heavy (non-hydrogen) atoms. The van der Waals surface area contributed by atoms with Crippen molar-refractivity contribution < 1.29 is 0 Å². The molecule has 0 saturated carbocycles. The SMILES string of the molecule is BC(C)(C)c1ccc(-c2cc(C(B)(B)S(C)(C)C)c(S(C)(C)C)cn2)cc1. The summed E-state index contributed by atoms with van der Waals surface area (Å²) >= 11 is 0. The predicted octanol–water partition coefficient (Wildman–Crippen LogP) is 2.74. The molecule has 0 atom stereocenters. The summed E-state index contributed by atoms with van der Waals surface area (Å²) in [5.41, 5.74) is 5.15. The minimum atomic E-state index is -0.851. The first-order chi connectivity index (χ1) is 12.0. The van der Waals surface area contributed by atoms with Crippen LogP contribution in [0.3, 0.4) is 0 Å². The molecule has 0 aliphatic carbocycles. The van der Waals surface area contributed by atoms with E-state index in [9.17, 15) is 0 Å². The van der Waals surface area contributed by atoms with E-state index in [1.54, 1.807) is 0 Å². The van der Waals surface area contributed by atoms with Crippen molar-refractivity contribution in [3.63, 3.8) is 0 Å². The molecular formula is C21H36B3NS2. The van der Waals surface area contributed by atoms with E-state index in [2.05, 4.69) is 111 Å². The summed E-state index contributed by atoms with van der Waals surface area (Å²) < 4.78 is 0.144. The van der Waals surface area contributed by atoms with Gasteiger partial charge in [0.1, 0.15) is 23.5 Å². The van der Waals surface area contributed by atoms with Crippen LogP contribution in [0.1, 0.15) is 25.0 Å². The van der Waals surface area contributed by atoms with Gasteiger partial charge in [-0.1, -0.05) is 43.7 Å². The molecule has 0 fully saturated rings. The molecule has 0 aliphatic heterocycles. The molecule has 0 saturated heterocycles. The summed E-state index contributed by atoms with van der Waals surface area (Å²) in [6, 6.07) is 11.3. The number of rotatable bonds is 5. The van der Waals surface area contributed by atoms with Crippen LogP contribution in [0.5, 0.6) is 0 Å². The van der Waals surface area contributed by atoms with Gasteiger partial charge in [0.15, 0.2) is 0 Å². The molecule has 6 heteroatoms. The highest BCUT2D eigenvalue weighted by Gasteiger charge is 2.34. The number of aromatic nitrogens is 1. The van der Waals surface area contributed by atoms with Crippen molar-refractivity contribution in [1.82, 2.24) is 4.98 Å². The smallest absolute Gasteiger partial charge is 0.115 e. The van der Waals surface area contributed by atoms with Gasteiger partial charge in [-0.25, -0.2) is 10.0 Å². The molecule has 0 N–H and O–H groups in total. The summed E-state index contributed by atoms with van der Waals surface area (Å²) in [7, 11) is 5.46. The van der Waals surface area contributed by atoms with Crippen LogP contribution in [0, 0.1) is 0 Å². The molecular weight excluding hydrogens is 363 g/mol. The zero-order chi connectivity index (χ0) is 20.8. The minimum absolute atomic E-state index is 0.144. The van der Waals surface area contributed by atoms with E-state index in [4.69, 9.17) is 4.98 Å². The van der Waals surface area contributed by atoms with Gasteiger partial charge in [-0.2, -0.15) is 0 Å². The standard InChI is InChI=1S/C21H36B3NS2/c1-20(2,22)16-11-9-15(10-12-16)18-13-17(21(23,24)27(6,7)8)19(14-25-18)26(3,4)5/h9-14H,22-24H2,1-8H3. The third-order valence-corrected chi connectivity index (χ3v) is 10.7. The monoisotopic (exact) mass is 399 g/mol. The van der Waals surface area contributed by atoms with Crippen LogP contribution < -0.4 is 0 Å². The Kier molecular flexibility index (Phi) is 6.06. The van der Waals surface area contributed by atoms with Crippen molar-refractivity contribution in [2.75, 3.05) is 37.5 Å². The molecule has 1 nitrogen and oxygen atoms in total. The lowest BCUT2D eigenvalue weighted by atomic mass is 9.65. The topological polar surface area (TPSA) is 12.9 Å². The van der Waals surface area contributed by atoms with Gasteiger partial charge in [-0.05, 0) is 59.0 Å². The zero-order valence-electron chi connectivity index (χ0n) is 19.2. The van der Waals surface area contributed by atoms with Gasteiger partial charge in [0.2, 0.25) is 0 Å². The Bertz CT molecular complexity index is 811. The fourth-order valence-electron chi connectivity index (χ4n) is 3.03. The van der Waals surface area contributed by atoms with E-state index in [0.717, 1.165) is 5.69 Å². The van der Waals surface area contributed by atoms with Crippen molar-refractivity contribution in [2.45, 2.75) is 28.6 Å². The molecule has 0 amide bonds. The number of nitrogens with zero attached hydrogens (tertiary/aromatic N) is 1. The minimum Gasteiger partial charge on any atom is -0.255 e. The van der Waals surface area contributed by atoms with Gasteiger partial charge >= 0.3 is 0 Å². The summed E-state index contributed by atoms with van der Waals surface area (Å²) in [5.74, 6) is 0. The molecule has 1 aromatic heterocycles. The fraction of sp³-hybridized carbons (Fsp3) is 0.476. The number of benzene rings is 1. The van der Waals surface area contributed by atoms with Gasteiger partial charge in [0.25, 0.3) is 0 Å². The number of hydrogen-bond acceptors (Lipinski definition) is 1. The molecule has 0 spiro atoms. The summed E-state index contributed by atoms with van der Waals surface area (Å²) in [5, 5.41) is 0.175. The van der Waals surface area contributed by atoms with Crippen molar-refractivity contribution >= 4 is 43.6 Å². The molecule has 0 aliphatic rings. The second-order valence-corrected chi connectivity index (χ2v) is 19.4. The highest BCUT2D eigenvalue weighted by Crippen LogP contribution is 2.58. The maximum absolute atomic E-state index is 4.89. The average Bonchev–Trinajstić information content (AvgIpc) is 2.51. The first kappa shape index (κ1) is 22.6. The fourth-order valence-corrected chi connectivity index (χ4v) is 5.27. The van der Waals surface area contributed by atoms with E-state index in [-0.39, 0.29) is 9.86 Å². The lowest BCUT2D eigenvalue weighted by Gasteiger charge is -2.47. The van der Waals surface area contributed by atoms with Gasteiger partial charge in [-0.3, -0.25) is 15.0 Å². The first-order valence-electron chi connectivity index (χ1n) is 9.53. The van der Waals surface area contributed by atoms with Crippen LogP contribution >= 0.6 is 20.1 Å². The molecule has 2 rings (SSSR count). The molecule has 2 aromatic rings. The Morgan fingerprint density at radius 3 is 1.78 bits per heavy atom. The maximum Gasteiger partial charge on any atom is 0.115 e. The normalized spacial score (nSPS) is 14.8. The van der Waals surface area contributed by atoms with Crippen LogP contribution in [-0.2, 0) is 9.86 Å². The lowest BCUT2D eigenvalue weighted by molar-refractivity contribution is 0.764. The Balaban J connectivity index is 2.63. The summed E-state index contributed by atoms with van der Waals surface area (Å²) in [6.45, 7) is 4.52. The second kappa shape index (κ2) is 7.26. The number of hydrogen-bond donors (Lipinski definition) is 0. The third-order valence-electron chi connectivity index (χ3n) is 5.75.